The van der Waals surface area contributed by atoms with Crippen LogP contribution in [-0.4, -0.2) is 12.1 Å². The van der Waals surface area contributed by atoms with Gasteiger partial charge in [0.15, 0.2) is 0 Å². The zero-order chi connectivity index (χ0) is 13.0. The molecule has 2 atom stereocenters. The molecule has 0 aliphatic heterocycles. The molecule has 1 heteroatoms. The molecule has 0 aromatic heterocycles. The van der Waals surface area contributed by atoms with Crippen molar-refractivity contribution in [1.29, 1.82) is 0 Å². The van der Waals surface area contributed by atoms with Crippen LogP contribution in [0, 0.1) is 0 Å². The van der Waals surface area contributed by atoms with Gasteiger partial charge >= 0.3 is 0 Å². The molecule has 0 heterocycles. The highest BCUT2D eigenvalue weighted by molar-refractivity contribution is 5.54. The first-order valence-corrected chi connectivity index (χ1v) is 6.61. The molecule has 0 bridgehead atoms. The molecule has 1 aliphatic rings. The van der Waals surface area contributed by atoms with Crippen molar-refractivity contribution >= 4 is 5.69 Å². The summed E-state index contributed by atoms with van der Waals surface area (Å²) >= 11 is 0. The number of para-hydroxylation sites is 1. The number of rotatable bonds is 4. The van der Waals surface area contributed by atoms with E-state index in [9.17, 15) is 0 Å². The molecule has 1 nitrogen and oxygen atoms in total. The molecular formula is C17H21N. The Balaban J connectivity index is 2.34. The van der Waals surface area contributed by atoms with Gasteiger partial charge in [0.25, 0.3) is 0 Å². The van der Waals surface area contributed by atoms with Gasteiger partial charge in [0.2, 0.25) is 0 Å². The molecule has 18 heavy (non-hydrogen) atoms. The van der Waals surface area contributed by atoms with Crippen molar-refractivity contribution in [3.63, 3.8) is 0 Å². The molecule has 1 aliphatic carbocycles. The zero-order valence-electron chi connectivity index (χ0n) is 11.2. The van der Waals surface area contributed by atoms with Crippen LogP contribution in [0.1, 0.15) is 20.3 Å². The number of allylic oxidation sites excluding steroid dienone is 2. The summed E-state index contributed by atoms with van der Waals surface area (Å²) in [5.74, 6) is 0. The average molecular weight is 239 g/mol. The van der Waals surface area contributed by atoms with Gasteiger partial charge in [0.05, 0.1) is 6.04 Å². The van der Waals surface area contributed by atoms with E-state index in [0.29, 0.717) is 6.04 Å². The predicted octanol–water partition coefficient (Wildman–Crippen LogP) is 4.34. The Bertz CT molecular complexity index is 456. The van der Waals surface area contributed by atoms with Crippen LogP contribution in [0.5, 0.6) is 0 Å². The van der Waals surface area contributed by atoms with Gasteiger partial charge in [-0.3, -0.25) is 0 Å². The van der Waals surface area contributed by atoms with E-state index in [1.165, 1.54) is 5.69 Å². The molecule has 0 saturated carbocycles. The van der Waals surface area contributed by atoms with Crippen molar-refractivity contribution in [2.75, 3.05) is 4.90 Å². The fourth-order valence-corrected chi connectivity index (χ4v) is 2.33. The van der Waals surface area contributed by atoms with Crippen molar-refractivity contribution in [2.45, 2.75) is 32.4 Å². The van der Waals surface area contributed by atoms with E-state index in [1.54, 1.807) is 0 Å². The third-order valence-corrected chi connectivity index (χ3v) is 3.51. The first-order valence-electron chi connectivity index (χ1n) is 6.61. The summed E-state index contributed by atoms with van der Waals surface area (Å²) in [5, 5.41) is 0. The maximum Gasteiger partial charge on any atom is 0.0726 e. The van der Waals surface area contributed by atoms with Crippen LogP contribution < -0.4 is 4.90 Å². The molecular weight excluding hydrogens is 218 g/mol. The van der Waals surface area contributed by atoms with Gasteiger partial charge in [0.1, 0.15) is 0 Å². The van der Waals surface area contributed by atoms with E-state index in [4.69, 9.17) is 0 Å². The second-order valence-corrected chi connectivity index (χ2v) is 4.76. The van der Waals surface area contributed by atoms with Crippen molar-refractivity contribution < 1.29 is 0 Å². The lowest BCUT2D eigenvalue weighted by molar-refractivity contribution is 0.599. The van der Waals surface area contributed by atoms with E-state index >= 15 is 0 Å². The standard InChI is InChI=1S/C17H21N/c1-4-15(3)18(16-11-6-5-7-12-16)17-13-9-8-10-14(17)2/h5-13,15,17H,2,4H2,1,3H3. The lowest BCUT2D eigenvalue weighted by atomic mass is 9.99. The van der Waals surface area contributed by atoms with Crippen molar-refractivity contribution in [3.05, 3.63) is 66.8 Å². The van der Waals surface area contributed by atoms with Gasteiger partial charge in [-0.25, -0.2) is 0 Å². The summed E-state index contributed by atoms with van der Waals surface area (Å²) in [7, 11) is 0. The van der Waals surface area contributed by atoms with Gasteiger partial charge in [0, 0.05) is 11.7 Å². The Labute approximate surface area is 110 Å². The molecule has 1 aromatic rings. The highest BCUT2D eigenvalue weighted by Crippen LogP contribution is 2.26. The van der Waals surface area contributed by atoms with Crippen molar-refractivity contribution in [1.82, 2.24) is 0 Å². The first kappa shape index (κ1) is 12.7. The number of nitrogens with zero attached hydrogens (tertiary/aromatic N) is 1. The molecule has 94 valence electrons. The Kier molecular flexibility index (Phi) is 4.03. The zero-order valence-corrected chi connectivity index (χ0v) is 11.2. The van der Waals surface area contributed by atoms with Crippen LogP contribution >= 0.6 is 0 Å². The van der Waals surface area contributed by atoms with Crippen molar-refractivity contribution in [2.24, 2.45) is 0 Å². The monoisotopic (exact) mass is 239 g/mol. The minimum Gasteiger partial charge on any atom is -0.358 e. The van der Waals surface area contributed by atoms with E-state index in [0.717, 1.165) is 12.0 Å². The molecule has 0 saturated heterocycles. The lowest BCUT2D eigenvalue weighted by Gasteiger charge is -2.38. The fourth-order valence-electron chi connectivity index (χ4n) is 2.33. The van der Waals surface area contributed by atoms with Crippen LogP contribution in [-0.2, 0) is 0 Å². The summed E-state index contributed by atoms with van der Waals surface area (Å²) in [6.07, 6.45) is 9.61. The second kappa shape index (κ2) is 5.72. The topological polar surface area (TPSA) is 3.24 Å². The summed E-state index contributed by atoms with van der Waals surface area (Å²) in [5.41, 5.74) is 2.42. The Hall–Kier alpha value is -1.76. The lowest BCUT2D eigenvalue weighted by Crippen LogP contribution is -2.41. The second-order valence-electron chi connectivity index (χ2n) is 4.76. The molecule has 0 spiro atoms. The highest BCUT2D eigenvalue weighted by atomic mass is 15.2. The third kappa shape index (κ3) is 2.56. The number of benzene rings is 1. The Morgan fingerprint density at radius 2 is 1.94 bits per heavy atom. The summed E-state index contributed by atoms with van der Waals surface area (Å²) < 4.78 is 0. The van der Waals surface area contributed by atoms with Gasteiger partial charge in [-0.05, 0) is 31.1 Å². The van der Waals surface area contributed by atoms with Crippen molar-refractivity contribution in [3.8, 4) is 0 Å². The largest absolute Gasteiger partial charge is 0.358 e. The predicted molar refractivity (Wildman–Crippen MR) is 79.9 cm³/mol. The van der Waals surface area contributed by atoms with E-state index in [1.807, 2.05) is 0 Å². The Morgan fingerprint density at radius 1 is 1.22 bits per heavy atom. The number of hydrogen-bond donors (Lipinski definition) is 0. The van der Waals surface area contributed by atoms with Gasteiger partial charge < -0.3 is 4.90 Å². The number of anilines is 1. The van der Waals surface area contributed by atoms with Crippen LogP contribution in [0.3, 0.4) is 0 Å². The van der Waals surface area contributed by atoms with E-state index in [2.05, 4.69) is 80.0 Å². The summed E-state index contributed by atoms with van der Waals surface area (Å²) in [6, 6.07) is 11.4. The first-order chi connectivity index (χ1) is 8.74. The smallest absolute Gasteiger partial charge is 0.0726 e. The SMILES string of the molecule is C=C1C=CC=CC1N(c1ccccc1)C(C)CC. The van der Waals surface area contributed by atoms with Crippen LogP contribution in [0.4, 0.5) is 5.69 Å². The normalized spacial score (nSPS) is 19.9. The maximum atomic E-state index is 4.18. The van der Waals surface area contributed by atoms with E-state index < -0.39 is 0 Å². The minimum absolute atomic E-state index is 0.271. The summed E-state index contributed by atoms with van der Waals surface area (Å²) in [4.78, 5) is 2.45. The molecule has 0 N–H and O–H groups in total. The van der Waals surface area contributed by atoms with Gasteiger partial charge in [-0.2, -0.15) is 0 Å². The number of hydrogen-bond acceptors (Lipinski definition) is 1. The molecule has 0 radical (unpaired) electrons. The van der Waals surface area contributed by atoms with Crippen LogP contribution in [0.15, 0.2) is 66.8 Å². The fraction of sp³-hybridized carbons (Fsp3) is 0.294. The molecule has 1 aromatic carbocycles. The Morgan fingerprint density at radius 3 is 2.56 bits per heavy atom. The maximum absolute atomic E-state index is 4.18. The minimum atomic E-state index is 0.271. The molecule has 0 amide bonds. The summed E-state index contributed by atoms with van der Waals surface area (Å²) in [6.45, 7) is 8.68. The van der Waals surface area contributed by atoms with Gasteiger partial charge in [-0.15, -0.1) is 0 Å². The van der Waals surface area contributed by atoms with E-state index in [-0.39, 0.29) is 6.04 Å². The third-order valence-electron chi connectivity index (χ3n) is 3.51. The van der Waals surface area contributed by atoms with Gasteiger partial charge in [-0.1, -0.05) is 56.0 Å². The molecule has 0 fully saturated rings. The van der Waals surface area contributed by atoms with Crippen LogP contribution in [0.25, 0.3) is 0 Å². The molecule has 2 unspecified atom stereocenters. The average Bonchev–Trinajstić information content (AvgIpc) is 2.42. The van der Waals surface area contributed by atoms with Crippen LogP contribution in [0.2, 0.25) is 0 Å². The molecule has 2 rings (SSSR count). The highest BCUT2D eigenvalue weighted by Gasteiger charge is 2.23. The quantitative estimate of drug-likeness (QED) is 0.755.